The zero-order valence-electron chi connectivity index (χ0n) is 20.2. The number of carbonyl (C=O) groups excluding carboxylic acids is 1. The molecule has 182 valence electrons. The zero-order chi connectivity index (χ0) is 23.9. The van der Waals surface area contributed by atoms with Crippen molar-refractivity contribution in [1.29, 1.82) is 0 Å². The molecular weight excluding hydrogens is 430 g/mol. The van der Waals surface area contributed by atoms with Gasteiger partial charge in [0.2, 0.25) is 17.8 Å². The molecule has 1 aromatic carbocycles. The Balaban J connectivity index is 1.33. The topological polar surface area (TPSA) is 127 Å². The molecule has 2 heterocycles. The Kier molecular flexibility index (Phi) is 6.06. The normalized spacial score (nSPS) is 27.0. The van der Waals surface area contributed by atoms with Crippen LogP contribution in [0.4, 0.5) is 17.6 Å². The van der Waals surface area contributed by atoms with Gasteiger partial charge in [-0.15, -0.1) is 0 Å². The van der Waals surface area contributed by atoms with Crippen LogP contribution in [0.25, 0.3) is 0 Å². The quantitative estimate of drug-likeness (QED) is 0.468. The number of ether oxygens (including phenoxy) is 1. The lowest BCUT2D eigenvalue weighted by molar-refractivity contribution is -0.0967. The van der Waals surface area contributed by atoms with Crippen molar-refractivity contribution in [3.05, 3.63) is 29.3 Å². The second-order valence-corrected chi connectivity index (χ2v) is 10.7. The zero-order valence-corrected chi connectivity index (χ0v) is 20.2. The number of hydrogen-bond donors (Lipinski definition) is 4. The molecule has 34 heavy (non-hydrogen) atoms. The number of aryl methyl sites for hydroxylation is 1. The van der Waals surface area contributed by atoms with Gasteiger partial charge >= 0.3 is 6.01 Å². The van der Waals surface area contributed by atoms with Crippen molar-refractivity contribution in [3.63, 3.8) is 0 Å². The molecule has 4 fully saturated rings. The smallest absolute Gasteiger partial charge is 0.323 e. The molecule has 6 rings (SSSR count). The maximum atomic E-state index is 11.6. The Labute approximate surface area is 200 Å². The van der Waals surface area contributed by atoms with Gasteiger partial charge in [-0.1, -0.05) is 19.9 Å². The summed E-state index contributed by atoms with van der Waals surface area (Å²) in [5.41, 5.74) is 8.03. The van der Waals surface area contributed by atoms with Crippen LogP contribution in [0.5, 0.6) is 6.01 Å². The third-order valence-corrected chi connectivity index (χ3v) is 8.13. The molecule has 0 radical (unpaired) electrons. The van der Waals surface area contributed by atoms with Gasteiger partial charge in [0.25, 0.3) is 0 Å². The van der Waals surface area contributed by atoms with Gasteiger partial charge in [-0.3, -0.25) is 4.79 Å². The van der Waals surface area contributed by atoms with Gasteiger partial charge in [0, 0.05) is 23.8 Å². The fourth-order valence-corrected chi connectivity index (χ4v) is 5.69. The summed E-state index contributed by atoms with van der Waals surface area (Å²) in [6.07, 6.45) is 4.77. The molecule has 2 aromatic rings. The van der Waals surface area contributed by atoms with E-state index < -0.39 is 5.91 Å². The third kappa shape index (κ3) is 4.66. The molecular formula is C25H35N7O2. The molecule has 1 aromatic heterocycles. The number of nitrogens with two attached hydrogens (primary N) is 1. The van der Waals surface area contributed by atoms with Crippen LogP contribution < -0.4 is 26.4 Å². The van der Waals surface area contributed by atoms with E-state index in [0.717, 1.165) is 42.6 Å². The van der Waals surface area contributed by atoms with E-state index in [2.05, 4.69) is 44.7 Å². The Morgan fingerprint density at radius 2 is 1.94 bits per heavy atom. The number of nitrogens with one attached hydrogen (secondary N) is 3. The highest BCUT2D eigenvalue weighted by Crippen LogP contribution is 2.60. The van der Waals surface area contributed by atoms with Gasteiger partial charge in [-0.25, -0.2) is 0 Å². The van der Waals surface area contributed by atoms with Crippen molar-refractivity contribution in [2.75, 3.05) is 30.3 Å². The van der Waals surface area contributed by atoms with E-state index in [9.17, 15) is 4.79 Å². The maximum Gasteiger partial charge on any atom is 0.323 e. The third-order valence-electron chi connectivity index (χ3n) is 8.13. The number of rotatable bonds is 8. The molecule has 9 heteroatoms. The Morgan fingerprint density at radius 3 is 2.62 bits per heavy atom. The van der Waals surface area contributed by atoms with E-state index in [0.29, 0.717) is 41.4 Å². The molecule has 2 bridgehead atoms. The van der Waals surface area contributed by atoms with Crippen LogP contribution >= 0.6 is 0 Å². The molecule has 5 N–H and O–H groups in total. The number of anilines is 3. The highest BCUT2D eigenvalue weighted by molar-refractivity contribution is 5.94. The van der Waals surface area contributed by atoms with E-state index in [1.165, 1.54) is 19.3 Å². The van der Waals surface area contributed by atoms with E-state index in [1.807, 2.05) is 13.0 Å². The molecule has 3 saturated carbocycles. The van der Waals surface area contributed by atoms with Gasteiger partial charge < -0.3 is 26.4 Å². The molecule has 3 unspecified atom stereocenters. The van der Waals surface area contributed by atoms with Crippen LogP contribution in [0.3, 0.4) is 0 Å². The highest BCUT2D eigenvalue weighted by Gasteiger charge is 2.52. The van der Waals surface area contributed by atoms with Crippen LogP contribution in [-0.4, -0.2) is 46.6 Å². The number of nitrogens with zero attached hydrogens (tertiary/aromatic N) is 3. The standard InChI is InChI=1S/C25H35N7O2/c1-14-4-5-16(21(26)33)10-20(14)29-23-30-22(28-19-6-7-27-12-19)31-24(32-23)34-13-15-8-17-11-18(9-15)25(17,2)3/h4-5,10,15,17-19,27H,6-9,11-13H2,1-3H3,(H2,26,33)(H2,28,29,30,31,32). The number of fused-ring (bicyclic) bond motifs is 2. The van der Waals surface area contributed by atoms with Crippen molar-refractivity contribution in [3.8, 4) is 6.01 Å². The molecule has 3 atom stereocenters. The van der Waals surface area contributed by atoms with Crippen molar-refractivity contribution < 1.29 is 9.53 Å². The molecule has 1 aliphatic heterocycles. The number of carbonyl (C=O) groups is 1. The summed E-state index contributed by atoms with van der Waals surface area (Å²) in [7, 11) is 0. The first kappa shape index (κ1) is 22.8. The Hall–Kier alpha value is -2.94. The van der Waals surface area contributed by atoms with E-state index >= 15 is 0 Å². The lowest BCUT2D eigenvalue weighted by Crippen LogP contribution is -2.51. The fraction of sp³-hybridized carbons (Fsp3) is 0.600. The highest BCUT2D eigenvalue weighted by atomic mass is 16.5. The van der Waals surface area contributed by atoms with Crippen molar-refractivity contribution in [1.82, 2.24) is 20.3 Å². The Bertz CT molecular complexity index is 1050. The molecule has 3 aliphatic carbocycles. The van der Waals surface area contributed by atoms with Crippen LogP contribution in [0.2, 0.25) is 0 Å². The number of primary amides is 1. The van der Waals surface area contributed by atoms with Gasteiger partial charge in [-0.2, -0.15) is 15.0 Å². The predicted octanol–water partition coefficient (Wildman–Crippen LogP) is 3.25. The van der Waals surface area contributed by atoms with E-state index in [-0.39, 0.29) is 6.04 Å². The Morgan fingerprint density at radius 1 is 1.18 bits per heavy atom. The second-order valence-electron chi connectivity index (χ2n) is 10.7. The second kappa shape index (κ2) is 9.02. The van der Waals surface area contributed by atoms with E-state index in [4.69, 9.17) is 10.5 Å². The lowest BCUT2D eigenvalue weighted by Gasteiger charge is -2.58. The minimum atomic E-state index is -0.479. The molecule has 1 saturated heterocycles. The number of amides is 1. The fourth-order valence-electron chi connectivity index (χ4n) is 5.69. The van der Waals surface area contributed by atoms with Gasteiger partial charge in [0.05, 0.1) is 6.61 Å². The summed E-state index contributed by atoms with van der Waals surface area (Å²) in [5.74, 6) is 2.50. The number of aromatic nitrogens is 3. The molecule has 0 spiro atoms. The maximum absolute atomic E-state index is 11.6. The average molecular weight is 466 g/mol. The summed E-state index contributed by atoms with van der Waals surface area (Å²) in [6.45, 7) is 9.20. The van der Waals surface area contributed by atoms with Gasteiger partial charge in [0.1, 0.15) is 0 Å². The lowest BCUT2D eigenvalue weighted by atomic mass is 9.47. The van der Waals surface area contributed by atoms with Crippen LogP contribution in [0.15, 0.2) is 18.2 Å². The van der Waals surface area contributed by atoms with Crippen LogP contribution in [-0.2, 0) is 0 Å². The minimum Gasteiger partial charge on any atom is -0.463 e. The summed E-state index contributed by atoms with van der Waals surface area (Å²) in [5, 5.41) is 9.97. The van der Waals surface area contributed by atoms with Crippen molar-refractivity contribution in [2.45, 2.75) is 52.5 Å². The summed E-state index contributed by atoms with van der Waals surface area (Å²) in [4.78, 5) is 25.3. The van der Waals surface area contributed by atoms with E-state index in [1.54, 1.807) is 12.1 Å². The first-order chi connectivity index (χ1) is 16.3. The largest absolute Gasteiger partial charge is 0.463 e. The van der Waals surface area contributed by atoms with Crippen LogP contribution in [0.1, 0.15) is 55.5 Å². The SMILES string of the molecule is Cc1ccc(C(N)=O)cc1Nc1nc(NC2CCNC2)nc(OCC2CC3CC(C2)C3(C)C)n1. The van der Waals surface area contributed by atoms with Crippen molar-refractivity contribution >= 4 is 23.5 Å². The first-order valence-corrected chi connectivity index (χ1v) is 12.3. The first-order valence-electron chi connectivity index (χ1n) is 12.3. The summed E-state index contributed by atoms with van der Waals surface area (Å²) >= 11 is 0. The minimum absolute atomic E-state index is 0.260. The summed E-state index contributed by atoms with van der Waals surface area (Å²) in [6, 6.07) is 5.84. The predicted molar refractivity (Wildman–Crippen MR) is 131 cm³/mol. The van der Waals surface area contributed by atoms with Gasteiger partial charge in [-0.05, 0) is 80.0 Å². The van der Waals surface area contributed by atoms with Crippen molar-refractivity contribution in [2.24, 2.45) is 28.9 Å². The molecule has 4 aliphatic rings. The van der Waals surface area contributed by atoms with Gasteiger partial charge in [0.15, 0.2) is 0 Å². The molecule has 9 nitrogen and oxygen atoms in total. The number of hydrogen-bond acceptors (Lipinski definition) is 8. The average Bonchev–Trinajstić information content (AvgIpc) is 3.32. The monoisotopic (exact) mass is 465 g/mol. The number of benzene rings is 1. The summed E-state index contributed by atoms with van der Waals surface area (Å²) < 4.78 is 6.13. The van der Waals surface area contributed by atoms with Crippen LogP contribution in [0, 0.1) is 30.1 Å². The molecule has 1 amide bonds.